The van der Waals surface area contributed by atoms with Crippen LogP contribution >= 0.6 is 0 Å². The molecule has 8 heteroatoms. The number of ether oxygens (including phenoxy) is 1. The summed E-state index contributed by atoms with van der Waals surface area (Å²) in [6, 6.07) is 10.2. The number of nitrogens with one attached hydrogen (secondary N) is 1. The summed E-state index contributed by atoms with van der Waals surface area (Å²) in [5.74, 6) is 1.03. The molecule has 29 heavy (non-hydrogen) atoms. The number of aromatic nitrogens is 3. The van der Waals surface area contributed by atoms with Crippen molar-refractivity contribution in [1.29, 1.82) is 0 Å². The highest BCUT2D eigenvalue weighted by atomic mass is 16.5. The van der Waals surface area contributed by atoms with Crippen LogP contribution in [-0.4, -0.2) is 27.2 Å². The first kappa shape index (κ1) is 18.8. The third-order valence-corrected chi connectivity index (χ3v) is 5.06. The number of rotatable bonds is 6. The standard InChI is InChI=1S/C21H22N4O4/c1-4-15(20(26)22-12-14-7-5-6-8-18(14)28-3)25-21(27)17-11-19-16(9-10-29-19)24(17)13(2)23-25/h5-11,15H,4,12H2,1-3H3,(H,22,26)/t15-/m0/s1. The van der Waals surface area contributed by atoms with Gasteiger partial charge < -0.3 is 14.5 Å². The van der Waals surface area contributed by atoms with Gasteiger partial charge in [-0.15, -0.1) is 0 Å². The van der Waals surface area contributed by atoms with Gasteiger partial charge in [-0.05, 0) is 19.4 Å². The van der Waals surface area contributed by atoms with Crippen LogP contribution in [0.4, 0.5) is 0 Å². The molecule has 4 rings (SSSR count). The van der Waals surface area contributed by atoms with Gasteiger partial charge in [-0.1, -0.05) is 25.1 Å². The SMILES string of the molecule is CC[C@@H](C(=O)NCc1ccccc1OC)n1nc(C)n2c(cc3occc32)c1=O. The number of benzene rings is 1. The van der Waals surface area contributed by atoms with Gasteiger partial charge in [0.1, 0.15) is 23.1 Å². The molecule has 0 aliphatic rings. The summed E-state index contributed by atoms with van der Waals surface area (Å²) in [5, 5.41) is 7.32. The first-order valence-electron chi connectivity index (χ1n) is 9.42. The summed E-state index contributed by atoms with van der Waals surface area (Å²) < 4.78 is 13.7. The number of aryl methyl sites for hydroxylation is 1. The fourth-order valence-electron chi connectivity index (χ4n) is 3.62. The molecule has 0 unspecified atom stereocenters. The molecule has 4 aromatic rings. The minimum absolute atomic E-state index is 0.271. The van der Waals surface area contributed by atoms with Crippen LogP contribution < -0.4 is 15.6 Å². The highest BCUT2D eigenvalue weighted by molar-refractivity contribution is 5.83. The first-order valence-corrected chi connectivity index (χ1v) is 9.42. The molecule has 0 radical (unpaired) electrons. The van der Waals surface area contributed by atoms with Gasteiger partial charge in [-0.25, -0.2) is 4.68 Å². The van der Waals surface area contributed by atoms with Gasteiger partial charge in [0.25, 0.3) is 5.56 Å². The quantitative estimate of drug-likeness (QED) is 0.543. The Hall–Kier alpha value is -3.55. The molecule has 0 aliphatic carbocycles. The second kappa shape index (κ2) is 7.46. The summed E-state index contributed by atoms with van der Waals surface area (Å²) in [6.45, 7) is 3.95. The number of methoxy groups -OCH3 is 1. The van der Waals surface area contributed by atoms with Crippen LogP contribution in [-0.2, 0) is 11.3 Å². The van der Waals surface area contributed by atoms with Gasteiger partial charge in [0, 0.05) is 24.2 Å². The molecule has 1 N–H and O–H groups in total. The number of hydrogen-bond donors (Lipinski definition) is 1. The molecule has 0 fully saturated rings. The Bertz CT molecular complexity index is 1250. The zero-order valence-corrected chi connectivity index (χ0v) is 16.5. The van der Waals surface area contributed by atoms with Crippen molar-refractivity contribution in [2.45, 2.75) is 32.9 Å². The van der Waals surface area contributed by atoms with E-state index in [0.717, 1.165) is 11.1 Å². The Balaban J connectivity index is 1.66. The van der Waals surface area contributed by atoms with Crippen molar-refractivity contribution < 1.29 is 13.9 Å². The second-order valence-corrected chi connectivity index (χ2v) is 6.79. The van der Waals surface area contributed by atoms with Crippen LogP contribution in [0.25, 0.3) is 16.6 Å². The smallest absolute Gasteiger partial charge is 0.291 e. The number of furan rings is 1. The van der Waals surface area contributed by atoms with E-state index in [4.69, 9.17) is 9.15 Å². The van der Waals surface area contributed by atoms with Crippen LogP contribution in [0.15, 0.2) is 51.9 Å². The van der Waals surface area contributed by atoms with Crippen molar-refractivity contribution in [3.05, 3.63) is 64.4 Å². The van der Waals surface area contributed by atoms with Crippen molar-refractivity contribution in [3.63, 3.8) is 0 Å². The molecule has 150 valence electrons. The number of hydrogen-bond acceptors (Lipinski definition) is 5. The molecule has 0 saturated carbocycles. The monoisotopic (exact) mass is 394 g/mol. The molecule has 0 spiro atoms. The highest BCUT2D eigenvalue weighted by Gasteiger charge is 2.24. The average Bonchev–Trinajstić information content (AvgIpc) is 3.32. The number of nitrogens with zero attached hydrogens (tertiary/aromatic N) is 3. The van der Waals surface area contributed by atoms with Crippen LogP contribution in [0.1, 0.15) is 30.8 Å². The first-order chi connectivity index (χ1) is 14.0. The molecule has 1 amide bonds. The maximum atomic E-state index is 13.1. The number of para-hydroxylation sites is 1. The summed E-state index contributed by atoms with van der Waals surface area (Å²) >= 11 is 0. The Morgan fingerprint density at radius 1 is 1.28 bits per heavy atom. The lowest BCUT2D eigenvalue weighted by molar-refractivity contribution is -0.125. The summed E-state index contributed by atoms with van der Waals surface area (Å²) in [5.41, 5.74) is 2.35. The fraction of sp³-hybridized carbons (Fsp3) is 0.286. The maximum absolute atomic E-state index is 13.1. The van der Waals surface area contributed by atoms with E-state index in [9.17, 15) is 9.59 Å². The number of carbonyl (C=O) groups is 1. The highest BCUT2D eigenvalue weighted by Crippen LogP contribution is 2.21. The fourth-order valence-corrected chi connectivity index (χ4v) is 3.62. The minimum atomic E-state index is -0.720. The van der Waals surface area contributed by atoms with E-state index in [1.165, 1.54) is 4.68 Å². The number of carbonyl (C=O) groups excluding carboxylic acids is 1. The van der Waals surface area contributed by atoms with Crippen molar-refractivity contribution in [2.24, 2.45) is 0 Å². The van der Waals surface area contributed by atoms with E-state index in [1.807, 2.05) is 31.2 Å². The molecule has 3 heterocycles. The molecular formula is C21H22N4O4. The molecule has 8 nitrogen and oxygen atoms in total. The maximum Gasteiger partial charge on any atom is 0.291 e. The van der Waals surface area contributed by atoms with E-state index in [0.29, 0.717) is 35.6 Å². The lowest BCUT2D eigenvalue weighted by Crippen LogP contribution is -2.39. The van der Waals surface area contributed by atoms with Gasteiger partial charge in [0.05, 0.1) is 18.9 Å². The summed E-state index contributed by atoms with van der Waals surface area (Å²) in [7, 11) is 1.59. The van der Waals surface area contributed by atoms with Crippen molar-refractivity contribution in [3.8, 4) is 5.75 Å². The minimum Gasteiger partial charge on any atom is -0.496 e. The van der Waals surface area contributed by atoms with E-state index < -0.39 is 6.04 Å². The van der Waals surface area contributed by atoms with Gasteiger partial charge in [-0.2, -0.15) is 5.10 Å². The third kappa shape index (κ3) is 3.16. The van der Waals surface area contributed by atoms with Gasteiger partial charge in [0.15, 0.2) is 5.58 Å². The Morgan fingerprint density at radius 2 is 2.07 bits per heavy atom. The number of amides is 1. The van der Waals surface area contributed by atoms with E-state index in [1.54, 1.807) is 36.8 Å². The Kier molecular flexibility index (Phi) is 4.84. The van der Waals surface area contributed by atoms with Crippen LogP contribution in [0.3, 0.4) is 0 Å². The predicted molar refractivity (Wildman–Crippen MR) is 108 cm³/mol. The molecule has 3 aromatic heterocycles. The lowest BCUT2D eigenvalue weighted by Gasteiger charge is -2.18. The normalized spacial score (nSPS) is 12.4. The summed E-state index contributed by atoms with van der Waals surface area (Å²) in [6.07, 6.45) is 2.00. The van der Waals surface area contributed by atoms with E-state index in [-0.39, 0.29) is 11.5 Å². The topological polar surface area (TPSA) is 90.8 Å². The van der Waals surface area contributed by atoms with Crippen LogP contribution in [0.2, 0.25) is 0 Å². The second-order valence-electron chi connectivity index (χ2n) is 6.79. The average molecular weight is 394 g/mol. The molecular weight excluding hydrogens is 372 g/mol. The third-order valence-electron chi connectivity index (χ3n) is 5.06. The van der Waals surface area contributed by atoms with Gasteiger partial charge >= 0.3 is 0 Å². The molecule has 0 aliphatic heterocycles. The largest absolute Gasteiger partial charge is 0.496 e. The number of fused-ring (bicyclic) bond motifs is 3. The van der Waals surface area contributed by atoms with Crippen molar-refractivity contribution in [2.75, 3.05) is 7.11 Å². The van der Waals surface area contributed by atoms with Crippen LogP contribution in [0.5, 0.6) is 5.75 Å². The van der Waals surface area contributed by atoms with Gasteiger partial charge in [-0.3, -0.25) is 14.0 Å². The Morgan fingerprint density at radius 3 is 2.83 bits per heavy atom. The predicted octanol–water partition coefficient (Wildman–Crippen LogP) is 2.83. The Labute approximate surface area is 166 Å². The van der Waals surface area contributed by atoms with E-state index in [2.05, 4.69) is 10.4 Å². The van der Waals surface area contributed by atoms with E-state index >= 15 is 0 Å². The zero-order chi connectivity index (χ0) is 20.5. The molecule has 1 aromatic carbocycles. The summed E-state index contributed by atoms with van der Waals surface area (Å²) in [4.78, 5) is 26.0. The van der Waals surface area contributed by atoms with Crippen molar-refractivity contribution in [1.82, 2.24) is 19.5 Å². The van der Waals surface area contributed by atoms with Crippen molar-refractivity contribution >= 4 is 22.5 Å². The van der Waals surface area contributed by atoms with Gasteiger partial charge in [0.2, 0.25) is 5.91 Å². The molecule has 0 bridgehead atoms. The molecule has 0 saturated heterocycles. The molecule has 1 atom stereocenters. The lowest BCUT2D eigenvalue weighted by atomic mass is 10.1. The zero-order valence-electron chi connectivity index (χ0n) is 16.5. The van der Waals surface area contributed by atoms with Crippen LogP contribution in [0, 0.1) is 6.92 Å².